The Labute approximate surface area is 133 Å². The van der Waals surface area contributed by atoms with E-state index in [9.17, 15) is 17.8 Å². The highest BCUT2D eigenvalue weighted by molar-refractivity contribution is 7.84. The van der Waals surface area contributed by atoms with Crippen molar-refractivity contribution in [2.45, 2.75) is 18.6 Å². The number of nitrogens with one attached hydrogen (secondary N) is 1. The number of urea groups is 1. The van der Waals surface area contributed by atoms with Crippen LogP contribution in [-0.4, -0.2) is 26.5 Å². The molecule has 1 aromatic carbocycles. The minimum atomic E-state index is -1.50. The van der Waals surface area contributed by atoms with Gasteiger partial charge in [0.15, 0.2) is 5.82 Å². The van der Waals surface area contributed by atoms with Crippen LogP contribution < -0.4 is 10.2 Å². The predicted octanol–water partition coefficient (Wildman–Crippen LogP) is 2.16. The van der Waals surface area contributed by atoms with Gasteiger partial charge in [-0.3, -0.25) is 4.21 Å². The fourth-order valence-corrected chi connectivity index (χ4v) is 2.81. The van der Waals surface area contributed by atoms with Crippen molar-refractivity contribution < 1.29 is 17.8 Å². The van der Waals surface area contributed by atoms with Crippen molar-refractivity contribution in [3.05, 3.63) is 41.1 Å². The van der Waals surface area contributed by atoms with E-state index in [-0.39, 0.29) is 17.5 Å². The van der Waals surface area contributed by atoms with E-state index < -0.39 is 34.2 Å². The Morgan fingerprint density at radius 3 is 2.52 bits per heavy atom. The second kappa shape index (κ2) is 5.65. The number of halogens is 2. The highest BCUT2D eigenvalue weighted by atomic mass is 32.2. The Hall–Kier alpha value is -2.42. The van der Waals surface area contributed by atoms with E-state index >= 15 is 0 Å². The molecule has 3 rings (SSSR count). The third kappa shape index (κ3) is 2.56. The minimum Gasteiger partial charge on any atom is -0.333 e. The smallest absolute Gasteiger partial charge is 0.328 e. The number of carbonyl (C=O) groups excluding carboxylic acids is 1. The summed E-state index contributed by atoms with van der Waals surface area (Å²) in [5, 5.41) is 2.53. The van der Waals surface area contributed by atoms with E-state index in [0.29, 0.717) is 11.3 Å². The monoisotopic (exact) mass is 338 g/mol. The van der Waals surface area contributed by atoms with Gasteiger partial charge in [-0.1, -0.05) is 6.07 Å². The van der Waals surface area contributed by atoms with Gasteiger partial charge in [-0.05, 0) is 19.1 Å². The number of rotatable bonds is 2. The maximum Gasteiger partial charge on any atom is 0.328 e. The molecule has 120 valence electrons. The van der Waals surface area contributed by atoms with Crippen molar-refractivity contribution in [3.8, 4) is 0 Å². The van der Waals surface area contributed by atoms with E-state index in [4.69, 9.17) is 0 Å². The third-order valence-electron chi connectivity index (χ3n) is 3.42. The summed E-state index contributed by atoms with van der Waals surface area (Å²) in [6.07, 6.45) is 1.39. The summed E-state index contributed by atoms with van der Waals surface area (Å²) < 4.78 is 39.9. The van der Waals surface area contributed by atoms with Gasteiger partial charge in [0.2, 0.25) is 5.16 Å². The van der Waals surface area contributed by atoms with Crippen LogP contribution in [0.5, 0.6) is 0 Å². The number of nitrogens with zero attached hydrogens (tertiary/aromatic N) is 3. The fourth-order valence-electron chi connectivity index (χ4n) is 2.33. The van der Waals surface area contributed by atoms with Gasteiger partial charge in [-0.25, -0.2) is 28.4 Å². The zero-order chi connectivity index (χ0) is 16.7. The molecule has 0 saturated heterocycles. The van der Waals surface area contributed by atoms with Gasteiger partial charge < -0.3 is 5.32 Å². The minimum absolute atomic E-state index is 0.00213. The lowest BCUT2D eigenvalue weighted by Crippen LogP contribution is -2.43. The van der Waals surface area contributed by atoms with Crippen LogP contribution in [0.1, 0.15) is 11.3 Å². The molecule has 0 saturated carbocycles. The molecular formula is C14H12F2N4O2S. The van der Waals surface area contributed by atoms with E-state index in [0.717, 1.165) is 17.0 Å². The number of aryl methyl sites for hydroxylation is 1. The topological polar surface area (TPSA) is 75.2 Å². The van der Waals surface area contributed by atoms with Crippen molar-refractivity contribution >= 4 is 28.3 Å². The number of aromatic nitrogens is 2. The van der Waals surface area contributed by atoms with Crippen molar-refractivity contribution in [3.63, 3.8) is 0 Å². The van der Waals surface area contributed by atoms with Crippen LogP contribution >= 0.6 is 0 Å². The molecule has 2 amide bonds. The third-order valence-corrected chi connectivity index (χ3v) is 4.12. The van der Waals surface area contributed by atoms with Crippen molar-refractivity contribution in [2.75, 3.05) is 11.2 Å². The summed E-state index contributed by atoms with van der Waals surface area (Å²) in [6, 6.07) is 2.58. The van der Waals surface area contributed by atoms with Gasteiger partial charge in [-0.2, -0.15) is 0 Å². The first-order chi connectivity index (χ1) is 10.9. The molecule has 23 heavy (non-hydrogen) atoms. The fraction of sp³-hybridized carbons (Fsp3) is 0.214. The maximum absolute atomic E-state index is 14.1. The summed E-state index contributed by atoms with van der Waals surface area (Å²) in [5.74, 6) is -1.76. The Balaban J connectivity index is 2.28. The molecule has 1 aliphatic rings. The van der Waals surface area contributed by atoms with E-state index in [2.05, 4.69) is 15.3 Å². The summed E-state index contributed by atoms with van der Waals surface area (Å²) in [5.41, 5.74) is 0.472. The quantitative estimate of drug-likeness (QED) is 0.852. The highest BCUT2D eigenvalue weighted by Crippen LogP contribution is 2.34. The van der Waals surface area contributed by atoms with Gasteiger partial charge in [0.1, 0.15) is 17.3 Å². The van der Waals surface area contributed by atoms with Gasteiger partial charge in [0.25, 0.3) is 0 Å². The van der Waals surface area contributed by atoms with Gasteiger partial charge in [0.05, 0.1) is 17.3 Å². The van der Waals surface area contributed by atoms with Crippen LogP contribution in [0.15, 0.2) is 23.4 Å². The molecule has 9 heteroatoms. The SMILES string of the molecule is Cc1nc(S(C)=O)nc2c1CNC(=O)N2c1c(F)cccc1F. The molecule has 0 aliphatic carbocycles. The molecule has 1 atom stereocenters. The number of amides is 2. The zero-order valence-electron chi connectivity index (χ0n) is 12.3. The van der Waals surface area contributed by atoms with E-state index in [1.807, 2.05) is 0 Å². The number of hydrogen-bond donors (Lipinski definition) is 1. The van der Waals surface area contributed by atoms with Crippen molar-refractivity contribution in [1.29, 1.82) is 0 Å². The molecule has 1 N–H and O–H groups in total. The molecule has 2 heterocycles. The average Bonchev–Trinajstić information content (AvgIpc) is 2.48. The van der Waals surface area contributed by atoms with Crippen LogP contribution in [0.2, 0.25) is 0 Å². The van der Waals surface area contributed by atoms with Gasteiger partial charge in [-0.15, -0.1) is 0 Å². The lowest BCUT2D eigenvalue weighted by molar-refractivity contribution is 0.246. The Morgan fingerprint density at radius 1 is 1.26 bits per heavy atom. The molecule has 2 aromatic rings. The number of anilines is 2. The summed E-state index contributed by atoms with van der Waals surface area (Å²) >= 11 is 0. The molecule has 1 unspecified atom stereocenters. The number of hydrogen-bond acceptors (Lipinski definition) is 4. The molecule has 0 fully saturated rings. The molecular weight excluding hydrogens is 326 g/mol. The number of para-hydroxylation sites is 1. The molecule has 1 aromatic heterocycles. The molecule has 1 aliphatic heterocycles. The standard InChI is InChI=1S/C14H12F2N4O2S/c1-7-8-6-17-14(21)20(11-9(15)4-3-5-10(11)16)12(8)19-13(18-7)23(2)22/h3-5H,6H2,1-2H3,(H,17,21). The number of benzene rings is 1. The summed E-state index contributed by atoms with van der Waals surface area (Å²) in [7, 11) is -1.50. The second-order valence-electron chi connectivity index (χ2n) is 4.91. The van der Waals surface area contributed by atoms with Gasteiger partial charge in [0, 0.05) is 17.5 Å². The van der Waals surface area contributed by atoms with Crippen LogP contribution in [0, 0.1) is 18.6 Å². The molecule has 0 radical (unpaired) electrons. The molecule has 0 spiro atoms. The van der Waals surface area contributed by atoms with Crippen molar-refractivity contribution in [2.24, 2.45) is 0 Å². The first kappa shape index (κ1) is 15.5. The first-order valence-electron chi connectivity index (χ1n) is 6.63. The lowest BCUT2D eigenvalue weighted by atomic mass is 10.1. The van der Waals surface area contributed by atoms with Crippen LogP contribution in [0.4, 0.5) is 25.1 Å². The Morgan fingerprint density at radius 2 is 1.91 bits per heavy atom. The van der Waals surface area contributed by atoms with Crippen LogP contribution in [0.25, 0.3) is 0 Å². The lowest BCUT2D eigenvalue weighted by Gasteiger charge is -2.30. The molecule has 6 nitrogen and oxygen atoms in total. The van der Waals surface area contributed by atoms with E-state index in [1.54, 1.807) is 6.92 Å². The van der Waals surface area contributed by atoms with Gasteiger partial charge >= 0.3 is 6.03 Å². The molecule has 0 bridgehead atoms. The van der Waals surface area contributed by atoms with Crippen molar-refractivity contribution in [1.82, 2.24) is 15.3 Å². The zero-order valence-corrected chi connectivity index (χ0v) is 13.1. The Bertz CT molecular complexity index is 824. The maximum atomic E-state index is 14.1. The normalized spacial score (nSPS) is 15.1. The van der Waals surface area contributed by atoms with Crippen LogP contribution in [-0.2, 0) is 17.3 Å². The predicted molar refractivity (Wildman–Crippen MR) is 79.8 cm³/mol. The highest BCUT2D eigenvalue weighted by Gasteiger charge is 2.33. The summed E-state index contributed by atoms with van der Waals surface area (Å²) in [4.78, 5) is 21.2. The van der Waals surface area contributed by atoms with E-state index in [1.165, 1.54) is 12.3 Å². The number of carbonyl (C=O) groups is 1. The largest absolute Gasteiger partial charge is 0.333 e. The van der Waals surface area contributed by atoms with Crippen LogP contribution in [0.3, 0.4) is 0 Å². The second-order valence-corrected chi connectivity index (χ2v) is 6.19. The average molecular weight is 338 g/mol. The number of fused-ring (bicyclic) bond motifs is 1. The Kier molecular flexibility index (Phi) is 3.80. The first-order valence-corrected chi connectivity index (χ1v) is 8.19. The summed E-state index contributed by atoms with van der Waals surface area (Å²) in [6.45, 7) is 1.79.